The summed E-state index contributed by atoms with van der Waals surface area (Å²) < 4.78 is 4.68. The lowest BCUT2D eigenvalue weighted by Gasteiger charge is -2.14. The van der Waals surface area contributed by atoms with Crippen LogP contribution in [0.3, 0.4) is 0 Å². The Morgan fingerprint density at radius 2 is 1.02 bits per heavy atom. The van der Waals surface area contributed by atoms with Crippen molar-refractivity contribution in [3.63, 3.8) is 0 Å². The summed E-state index contributed by atoms with van der Waals surface area (Å²) in [5.74, 6) is 0.659. The molecule has 0 spiro atoms. The molecule has 238 valence electrons. The molecule has 4 heterocycles. The lowest BCUT2D eigenvalue weighted by atomic mass is 9.92. The first kappa shape index (κ1) is 28.1. The molecule has 0 amide bonds. The fourth-order valence-corrected chi connectivity index (χ4v) is 8.45. The molecule has 0 aliphatic rings. The van der Waals surface area contributed by atoms with Gasteiger partial charge in [0.25, 0.3) is 0 Å². The van der Waals surface area contributed by atoms with E-state index in [1.165, 1.54) is 60.0 Å². The fraction of sp³-hybridized carbons (Fsp3) is 0.0213. The van der Waals surface area contributed by atoms with Crippen LogP contribution in [-0.4, -0.2) is 18.9 Å². The Morgan fingerprint density at radius 3 is 1.76 bits per heavy atom. The molecule has 0 radical (unpaired) electrons. The van der Waals surface area contributed by atoms with Gasteiger partial charge in [0.05, 0.1) is 33.5 Å². The SMILES string of the molecule is Cc1cccc2c3c(c(-c4ccccc4)n12)c1ccccc1n3-c1nc(-c2ccc3c4ccccc4c4ccccc4c3c2)c2ccccc2n1. The summed E-state index contributed by atoms with van der Waals surface area (Å²) in [5.41, 5.74) is 9.75. The molecule has 51 heavy (non-hydrogen) atoms. The van der Waals surface area contributed by atoms with Gasteiger partial charge < -0.3 is 4.40 Å². The van der Waals surface area contributed by atoms with Crippen LogP contribution in [0.4, 0.5) is 0 Å². The van der Waals surface area contributed by atoms with E-state index in [4.69, 9.17) is 9.97 Å². The summed E-state index contributed by atoms with van der Waals surface area (Å²) in [4.78, 5) is 10.8. The van der Waals surface area contributed by atoms with Crippen molar-refractivity contribution >= 4 is 70.5 Å². The number of para-hydroxylation sites is 2. The van der Waals surface area contributed by atoms with Crippen LogP contribution in [0.25, 0.3) is 99.0 Å². The molecule has 7 aromatic carbocycles. The highest BCUT2D eigenvalue weighted by Crippen LogP contribution is 2.43. The van der Waals surface area contributed by atoms with Crippen LogP contribution in [0.1, 0.15) is 5.69 Å². The zero-order valence-electron chi connectivity index (χ0n) is 27.9. The zero-order chi connectivity index (χ0) is 33.6. The summed E-state index contributed by atoms with van der Waals surface area (Å²) in [7, 11) is 0. The van der Waals surface area contributed by atoms with Crippen LogP contribution in [0.5, 0.6) is 0 Å². The normalized spacial score (nSPS) is 12.0. The lowest BCUT2D eigenvalue weighted by molar-refractivity contribution is 1.01. The minimum atomic E-state index is 0.659. The maximum atomic E-state index is 5.52. The molecule has 0 unspecified atom stereocenters. The van der Waals surface area contributed by atoms with Crippen molar-refractivity contribution in [3.05, 3.63) is 169 Å². The Labute approximate surface area is 293 Å². The number of aromatic nitrogens is 4. The fourth-order valence-electron chi connectivity index (χ4n) is 8.45. The second kappa shape index (κ2) is 10.6. The average molecular weight is 651 g/mol. The molecule has 4 aromatic heterocycles. The maximum absolute atomic E-state index is 5.52. The van der Waals surface area contributed by atoms with E-state index in [0.717, 1.165) is 38.7 Å². The lowest BCUT2D eigenvalue weighted by Crippen LogP contribution is -2.04. The molecule has 0 aliphatic carbocycles. The van der Waals surface area contributed by atoms with Gasteiger partial charge in [0.2, 0.25) is 5.95 Å². The zero-order valence-corrected chi connectivity index (χ0v) is 27.9. The van der Waals surface area contributed by atoms with Gasteiger partial charge in [-0.3, -0.25) is 4.57 Å². The number of rotatable bonds is 3. The van der Waals surface area contributed by atoms with E-state index in [-0.39, 0.29) is 0 Å². The number of fused-ring (bicyclic) bond motifs is 12. The molecule has 11 aromatic rings. The highest BCUT2D eigenvalue weighted by atomic mass is 15.2. The van der Waals surface area contributed by atoms with Crippen molar-refractivity contribution < 1.29 is 0 Å². The van der Waals surface area contributed by atoms with Crippen molar-refractivity contribution in [1.82, 2.24) is 18.9 Å². The quantitative estimate of drug-likeness (QED) is 0.178. The summed E-state index contributed by atoms with van der Waals surface area (Å²) in [5, 5.41) is 10.9. The molecule has 0 aliphatic heterocycles. The Bertz CT molecular complexity index is 3170. The van der Waals surface area contributed by atoms with E-state index in [9.17, 15) is 0 Å². The van der Waals surface area contributed by atoms with Crippen molar-refractivity contribution in [2.45, 2.75) is 6.92 Å². The number of hydrogen-bond donors (Lipinski definition) is 0. The first-order valence-corrected chi connectivity index (χ1v) is 17.4. The molecule has 0 fully saturated rings. The predicted octanol–water partition coefficient (Wildman–Crippen LogP) is 12.1. The monoisotopic (exact) mass is 650 g/mol. The van der Waals surface area contributed by atoms with Gasteiger partial charge in [0, 0.05) is 27.4 Å². The van der Waals surface area contributed by atoms with Gasteiger partial charge in [-0.05, 0) is 75.1 Å². The maximum Gasteiger partial charge on any atom is 0.235 e. The Morgan fingerprint density at radius 1 is 0.431 bits per heavy atom. The van der Waals surface area contributed by atoms with Gasteiger partial charge in [-0.2, -0.15) is 0 Å². The van der Waals surface area contributed by atoms with Crippen LogP contribution in [0, 0.1) is 6.92 Å². The average Bonchev–Trinajstić information content (AvgIpc) is 3.71. The Balaban J connectivity index is 1.26. The molecule has 0 saturated heterocycles. The number of benzene rings is 7. The van der Waals surface area contributed by atoms with E-state index in [1.807, 2.05) is 0 Å². The second-order valence-electron chi connectivity index (χ2n) is 13.4. The minimum Gasteiger partial charge on any atom is -0.311 e. The van der Waals surface area contributed by atoms with E-state index in [2.05, 4.69) is 180 Å². The first-order valence-electron chi connectivity index (χ1n) is 17.4. The third-order valence-corrected chi connectivity index (χ3v) is 10.6. The molecular weight excluding hydrogens is 621 g/mol. The van der Waals surface area contributed by atoms with Gasteiger partial charge in [-0.1, -0.05) is 133 Å². The second-order valence-corrected chi connectivity index (χ2v) is 13.4. The van der Waals surface area contributed by atoms with E-state index < -0.39 is 0 Å². The van der Waals surface area contributed by atoms with Crippen LogP contribution in [0.2, 0.25) is 0 Å². The number of hydrogen-bond acceptors (Lipinski definition) is 2. The number of pyridine rings is 1. The summed E-state index contributed by atoms with van der Waals surface area (Å²) in [6, 6.07) is 58.6. The van der Waals surface area contributed by atoms with Crippen molar-refractivity contribution in [2.24, 2.45) is 0 Å². The third-order valence-electron chi connectivity index (χ3n) is 10.6. The number of aryl methyl sites for hydroxylation is 1. The van der Waals surface area contributed by atoms with E-state index >= 15 is 0 Å². The van der Waals surface area contributed by atoms with Gasteiger partial charge in [0.15, 0.2) is 0 Å². The topological polar surface area (TPSA) is 35.1 Å². The Hall–Kier alpha value is -6.78. The van der Waals surface area contributed by atoms with Crippen molar-refractivity contribution in [3.8, 4) is 28.5 Å². The smallest absolute Gasteiger partial charge is 0.235 e. The van der Waals surface area contributed by atoms with Crippen LogP contribution >= 0.6 is 0 Å². The minimum absolute atomic E-state index is 0.659. The van der Waals surface area contributed by atoms with Gasteiger partial charge in [-0.25, -0.2) is 9.97 Å². The van der Waals surface area contributed by atoms with Gasteiger partial charge in [-0.15, -0.1) is 0 Å². The van der Waals surface area contributed by atoms with Crippen molar-refractivity contribution in [1.29, 1.82) is 0 Å². The summed E-state index contributed by atoms with van der Waals surface area (Å²) >= 11 is 0. The standard InChI is InChI=1S/C47H30N4/c1-29-14-13-25-42-46-43(45(50(29)42)30-15-3-2-4-16-30)38-22-10-12-24-41(38)51(46)47-48-40-23-11-9-21-37(40)44(49-47)31-26-27-36-34-19-6-5-17-32(34)33-18-7-8-20-35(33)39(36)28-31/h2-28H,1H3. The highest BCUT2D eigenvalue weighted by molar-refractivity contribution is 6.26. The summed E-state index contributed by atoms with van der Waals surface area (Å²) in [6.07, 6.45) is 0. The van der Waals surface area contributed by atoms with Gasteiger partial charge in [0.1, 0.15) is 0 Å². The molecule has 4 heteroatoms. The largest absolute Gasteiger partial charge is 0.311 e. The molecular formula is C47H30N4. The third kappa shape index (κ3) is 3.96. The van der Waals surface area contributed by atoms with E-state index in [0.29, 0.717) is 5.95 Å². The van der Waals surface area contributed by atoms with Crippen molar-refractivity contribution in [2.75, 3.05) is 0 Å². The Kier molecular flexibility index (Phi) is 5.84. The molecule has 4 nitrogen and oxygen atoms in total. The first-order chi connectivity index (χ1) is 25.2. The molecule has 0 saturated carbocycles. The van der Waals surface area contributed by atoms with Crippen LogP contribution in [-0.2, 0) is 0 Å². The predicted molar refractivity (Wildman–Crippen MR) is 213 cm³/mol. The number of nitrogens with zero attached hydrogens (tertiary/aromatic N) is 4. The van der Waals surface area contributed by atoms with Crippen LogP contribution in [0.15, 0.2) is 164 Å². The molecule has 0 atom stereocenters. The molecule has 11 rings (SSSR count). The molecule has 0 bridgehead atoms. The van der Waals surface area contributed by atoms with E-state index in [1.54, 1.807) is 0 Å². The van der Waals surface area contributed by atoms with Gasteiger partial charge >= 0.3 is 0 Å². The molecule has 0 N–H and O–H groups in total. The summed E-state index contributed by atoms with van der Waals surface area (Å²) in [6.45, 7) is 2.18. The van der Waals surface area contributed by atoms with Crippen LogP contribution < -0.4 is 0 Å². The highest BCUT2D eigenvalue weighted by Gasteiger charge is 2.25.